The maximum Gasteiger partial charge on any atom is 0.303 e. The summed E-state index contributed by atoms with van der Waals surface area (Å²) in [6.45, 7) is 4.66. The van der Waals surface area contributed by atoms with Gasteiger partial charge in [0, 0.05) is 42.7 Å². The molecule has 0 saturated carbocycles. The fourth-order valence-electron chi connectivity index (χ4n) is 4.85. The third kappa shape index (κ3) is 8.97. The number of nitrogens with two attached hydrogens (primary N) is 1. The van der Waals surface area contributed by atoms with Crippen molar-refractivity contribution >= 4 is 59.1 Å². The van der Waals surface area contributed by atoms with Gasteiger partial charge < -0.3 is 29.6 Å². The second-order valence-electron chi connectivity index (χ2n) is 10.5. The number of nitrogens with zero attached hydrogens (tertiary/aromatic N) is 2. The Balaban J connectivity index is 0.00000276. The Morgan fingerprint density at radius 3 is 2.27 bits per heavy atom. The van der Waals surface area contributed by atoms with Crippen molar-refractivity contribution < 1.29 is 24.1 Å². The second kappa shape index (κ2) is 15.8. The fourth-order valence-corrected chi connectivity index (χ4v) is 4.97. The van der Waals surface area contributed by atoms with E-state index in [2.05, 4.69) is 0 Å². The third-order valence-electron chi connectivity index (χ3n) is 7.30. The lowest BCUT2D eigenvalue weighted by atomic mass is 10.1. The van der Waals surface area contributed by atoms with Crippen LogP contribution in [0, 0.1) is 13.8 Å². The predicted molar refractivity (Wildman–Crippen MR) is 183 cm³/mol. The lowest BCUT2D eigenvalue weighted by Gasteiger charge is -2.14. The van der Waals surface area contributed by atoms with E-state index < -0.39 is 5.97 Å². The molecule has 0 unspecified atom stereocenters. The molecule has 238 valence electrons. The number of ether oxygens (including phenoxy) is 3. The largest absolute Gasteiger partial charge is 0.493 e. The van der Waals surface area contributed by atoms with E-state index >= 15 is 0 Å². The summed E-state index contributed by atoms with van der Waals surface area (Å²) in [5, 5.41) is 9.82. The second-order valence-corrected chi connectivity index (χ2v) is 10.9. The van der Waals surface area contributed by atoms with Gasteiger partial charge in [-0.1, -0.05) is 29.8 Å². The molecular weight excluding hydrogens is 637 g/mol. The van der Waals surface area contributed by atoms with Gasteiger partial charge >= 0.3 is 5.97 Å². The highest BCUT2D eigenvalue weighted by Crippen LogP contribution is 2.31. The van der Waals surface area contributed by atoms with Crippen LogP contribution in [0.25, 0.3) is 11.0 Å². The fraction of sp³-hybridized carbons (Fsp3) is 0.235. The van der Waals surface area contributed by atoms with Gasteiger partial charge in [-0.3, -0.25) is 4.79 Å². The van der Waals surface area contributed by atoms with E-state index in [4.69, 9.17) is 41.6 Å². The Kier molecular flexibility index (Phi) is 12.4. The molecule has 0 atom stereocenters. The monoisotopic (exact) mass is 671 g/mol. The van der Waals surface area contributed by atoms with Gasteiger partial charge in [0.05, 0.1) is 17.6 Å². The molecule has 1 heterocycles. The number of nitrogen functional groups attached to an aromatic ring is 1. The van der Waals surface area contributed by atoms with Gasteiger partial charge in [0.15, 0.2) is 0 Å². The topological polar surface area (TPSA) is 109 Å². The summed E-state index contributed by atoms with van der Waals surface area (Å²) in [5.41, 5.74) is 12.4. The van der Waals surface area contributed by atoms with E-state index in [1.807, 2.05) is 98.3 Å². The van der Waals surface area contributed by atoms with Crippen LogP contribution in [0.4, 0.5) is 5.69 Å². The first kappa shape index (κ1) is 35.4. The Morgan fingerprint density at radius 2 is 1.58 bits per heavy atom. The number of hydrogen-bond acceptors (Lipinski definition) is 6. The maximum atomic E-state index is 11.2. The minimum Gasteiger partial charge on any atom is -0.493 e. The molecule has 0 bridgehead atoms. The van der Waals surface area contributed by atoms with Crippen molar-refractivity contribution in [2.24, 2.45) is 7.05 Å². The molecule has 8 nitrogen and oxygen atoms in total. The van der Waals surface area contributed by atoms with Crippen molar-refractivity contribution in [1.29, 1.82) is 0 Å². The molecule has 0 spiro atoms. The normalized spacial score (nSPS) is 10.6. The number of rotatable bonds is 12. The molecule has 0 amide bonds. The van der Waals surface area contributed by atoms with E-state index in [0.29, 0.717) is 42.6 Å². The number of benzene rings is 4. The summed E-state index contributed by atoms with van der Waals surface area (Å²) in [7, 11) is 1.98. The quantitative estimate of drug-likeness (QED) is 0.128. The summed E-state index contributed by atoms with van der Waals surface area (Å²) in [6, 6.07) is 22.6. The van der Waals surface area contributed by atoms with Crippen LogP contribution in [-0.4, -0.2) is 27.2 Å². The first-order valence-electron chi connectivity index (χ1n) is 14.0. The van der Waals surface area contributed by atoms with Crippen LogP contribution < -0.4 is 19.9 Å². The van der Waals surface area contributed by atoms with E-state index in [0.717, 1.165) is 56.3 Å². The molecule has 5 rings (SSSR count). The van der Waals surface area contributed by atoms with Gasteiger partial charge in [0.25, 0.3) is 0 Å². The molecule has 0 fully saturated rings. The van der Waals surface area contributed by atoms with E-state index in [1.165, 1.54) is 0 Å². The molecule has 0 aliphatic rings. The van der Waals surface area contributed by atoms with Crippen molar-refractivity contribution in [3.05, 3.63) is 106 Å². The number of carboxylic acid groups (broad SMARTS) is 1. The molecule has 5 aromatic rings. The zero-order valence-electron chi connectivity index (χ0n) is 25.2. The van der Waals surface area contributed by atoms with Gasteiger partial charge in [-0.05, 0) is 85.0 Å². The molecule has 0 aliphatic heterocycles. The number of hydrogen-bond donors (Lipinski definition) is 2. The van der Waals surface area contributed by atoms with E-state index in [1.54, 1.807) is 0 Å². The summed E-state index contributed by atoms with van der Waals surface area (Å²) < 4.78 is 20.3. The highest BCUT2D eigenvalue weighted by atomic mass is 35.5. The van der Waals surface area contributed by atoms with Crippen LogP contribution in [0.5, 0.6) is 23.0 Å². The van der Waals surface area contributed by atoms with Crippen molar-refractivity contribution in [2.45, 2.75) is 39.7 Å². The van der Waals surface area contributed by atoms with Crippen LogP contribution in [0.15, 0.2) is 72.8 Å². The van der Waals surface area contributed by atoms with Crippen molar-refractivity contribution in [3.8, 4) is 23.0 Å². The average Bonchev–Trinajstić information content (AvgIpc) is 3.29. The van der Waals surface area contributed by atoms with E-state index in [-0.39, 0.29) is 31.2 Å². The minimum atomic E-state index is -0.861. The van der Waals surface area contributed by atoms with Crippen LogP contribution in [-0.2, 0) is 31.3 Å². The maximum absolute atomic E-state index is 11.2. The summed E-state index contributed by atoms with van der Waals surface area (Å²) in [6.07, 6.45) is 0.949. The number of aliphatic carboxylic acids is 1. The summed E-state index contributed by atoms with van der Waals surface area (Å²) >= 11 is 5.99. The van der Waals surface area contributed by atoms with Gasteiger partial charge in [-0.15, -0.1) is 24.8 Å². The van der Waals surface area contributed by atoms with E-state index in [9.17, 15) is 4.79 Å². The zero-order chi connectivity index (χ0) is 30.5. The number of aromatic nitrogens is 2. The molecule has 45 heavy (non-hydrogen) atoms. The van der Waals surface area contributed by atoms with Gasteiger partial charge in [-0.25, -0.2) is 4.98 Å². The number of carboxylic acids is 1. The lowest BCUT2D eigenvalue weighted by molar-refractivity contribution is -0.136. The number of anilines is 1. The molecule has 0 aliphatic carbocycles. The van der Waals surface area contributed by atoms with Crippen LogP contribution in [0.2, 0.25) is 5.02 Å². The van der Waals surface area contributed by atoms with Gasteiger partial charge in [-0.2, -0.15) is 0 Å². The van der Waals surface area contributed by atoms with Crippen molar-refractivity contribution in [3.63, 3.8) is 0 Å². The Labute approximate surface area is 279 Å². The average molecular weight is 673 g/mol. The minimum absolute atomic E-state index is 0. The SMILES string of the molecule is Cc1cc(Oc2ccc3nc(CCOc4ccc(CCC(=O)O)c(OCc5ccc(Cl)cc5)c4)n(C)c3c2)cc(C)c1N.Cl.Cl. The number of carbonyl (C=O) groups is 1. The standard InChI is InChI=1S/C34H34ClN3O5.2ClH/c1-21-16-28(17-22(2)34(21)36)43-27-11-12-29-30(18-27)38(3)32(37-29)14-15-41-26-10-6-24(7-13-33(39)40)31(19-26)42-20-23-4-8-25(35)9-5-23;;/h4-6,8-12,16-19H,7,13-15,20,36H2,1-3H3,(H,39,40);2*1H. The molecule has 0 radical (unpaired) electrons. The molecule has 1 aromatic heterocycles. The molecular formula is C34H36Cl3N3O5. The highest BCUT2D eigenvalue weighted by Gasteiger charge is 2.13. The first-order chi connectivity index (χ1) is 20.7. The number of fused-ring (bicyclic) bond motifs is 1. The Bertz CT molecular complexity index is 1750. The summed E-state index contributed by atoms with van der Waals surface area (Å²) in [4.78, 5) is 16.0. The smallest absolute Gasteiger partial charge is 0.303 e. The molecule has 0 saturated heterocycles. The van der Waals surface area contributed by atoms with Crippen LogP contribution >= 0.6 is 36.4 Å². The van der Waals surface area contributed by atoms with Crippen LogP contribution in [0.3, 0.4) is 0 Å². The molecule has 4 aromatic carbocycles. The lowest BCUT2D eigenvalue weighted by Crippen LogP contribution is -2.07. The highest BCUT2D eigenvalue weighted by molar-refractivity contribution is 6.30. The van der Waals surface area contributed by atoms with Gasteiger partial charge in [0.1, 0.15) is 35.4 Å². The Morgan fingerprint density at radius 1 is 0.889 bits per heavy atom. The Hall–Kier alpha value is -4.11. The predicted octanol–water partition coefficient (Wildman–Crippen LogP) is 8.28. The number of halogens is 3. The summed E-state index contributed by atoms with van der Waals surface area (Å²) in [5.74, 6) is 2.70. The van der Waals surface area contributed by atoms with Crippen LogP contribution in [0.1, 0.15) is 34.5 Å². The zero-order valence-corrected chi connectivity index (χ0v) is 27.6. The molecule has 11 heteroatoms. The van der Waals surface area contributed by atoms with Gasteiger partial charge in [0.2, 0.25) is 0 Å². The molecule has 3 N–H and O–H groups in total. The van der Waals surface area contributed by atoms with Crippen molar-refractivity contribution in [1.82, 2.24) is 9.55 Å². The van der Waals surface area contributed by atoms with Crippen molar-refractivity contribution in [2.75, 3.05) is 12.3 Å². The third-order valence-corrected chi connectivity index (χ3v) is 7.55. The number of imidazole rings is 1. The first-order valence-corrected chi connectivity index (χ1v) is 14.4. The number of aryl methyl sites for hydroxylation is 4.